The molecule has 0 amide bonds. The van der Waals surface area contributed by atoms with Crippen molar-refractivity contribution >= 4 is 5.69 Å². The first-order valence-corrected chi connectivity index (χ1v) is 7.24. The van der Waals surface area contributed by atoms with Crippen LogP contribution in [0.25, 0.3) is 0 Å². The third-order valence-electron chi connectivity index (χ3n) is 4.06. The van der Waals surface area contributed by atoms with E-state index in [0.29, 0.717) is 12.0 Å². The van der Waals surface area contributed by atoms with Gasteiger partial charge >= 0.3 is 0 Å². The van der Waals surface area contributed by atoms with E-state index in [-0.39, 0.29) is 0 Å². The molecule has 20 heavy (non-hydrogen) atoms. The molecular formula is C18H21NO. The molecule has 0 radical (unpaired) electrons. The molecule has 0 spiro atoms. The number of rotatable bonds is 3. The Labute approximate surface area is 120 Å². The summed E-state index contributed by atoms with van der Waals surface area (Å²) in [5.41, 5.74) is 4.07. The van der Waals surface area contributed by atoms with Crippen molar-refractivity contribution in [1.82, 2.24) is 0 Å². The number of hydrogen-bond donors (Lipinski definition) is 1. The maximum Gasteiger partial charge on any atom is 0.119 e. The predicted octanol–water partition coefficient (Wildman–Crippen LogP) is 4.23. The van der Waals surface area contributed by atoms with Crippen LogP contribution >= 0.6 is 0 Å². The second-order valence-corrected chi connectivity index (χ2v) is 5.62. The lowest BCUT2D eigenvalue weighted by molar-refractivity contribution is 0.414. The monoisotopic (exact) mass is 267 g/mol. The van der Waals surface area contributed by atoms with Gasteiger partial charge in [-0.25, -0.2) is 0 Å². The van der Waals surface area contributed by atoms with E-state index >= 15 is 0 Å². The highest BCUT2D eigenvalue weighted by Gasteiger charge is 2.23. The summed E-state index contributed by atoms with van der Waals surface area (Å²) >= 11 is 0. The first-order valence-electron chi connectivity index (χ1n) is 7.24. The lowest BCUT2D eigenvalue weighted by Crippen LogP contribution is -2.26. The van der Waals surface area contributed by atoms with Gasteiger partial charge in [0.25, 0.3) is 0 Å². The minimum Gasteiger partial charge on any atom is -0.497 e. The highest BCUT2D eigenvalue weighted by molar-refractivity contribution is 5.56. The average molecular weight is 267 g/mol. The molecular weight excluding hydrogens is 246 g/mol. The number of methoxy groups -OCH3 is 1. The molecule has 2 heteroatoms. The Morgan fingerprint density at radius 3 is 2.85 bits per heavy atom. The van der Waals surface area contributed by atoms with Gasteiger partial charge in [-0.05, 0) is 55.0 Å². The van der Waals surface area contributed by atoms with Gasteiger partial charge in [0.1, 0.15) is 5.75 Å². The number of ether oxygens (including phenoxy) is 1. The normalized spacial score (nSPS) is 20.9. The van der Waals surface area contributed by atoms with E-state index in [2.05, 4.69) is 54.7 Å². The van der Waals surface area contributed by atoms with E-state index in [1.54, 1.807) is 7.11 Å². The molecule has 1 heterocycles. The maximum absolute atomic E-state index is 5.32. The van der Waals surface area contributed by atoms with Crippen LogP contribution in [-0.2, 0) is 6.42 Å². The van der Waals surface area contributed by atoms with Crippen molar-refractivity contribution in [3.63, 3.8) is 0 Å². The van der Waals surface area contributed by atoms with Crippen LogP contribution in [0.5, 0.6) is 5.75 Å². The Kier molecular flexibility index (Phi) is 3.64. The third kappa shape index (κ3) is 2.64. The maximum atomic E-state index is 5.32. The topological polar surface area (TPSA) is 21.3 Å². The summed E-state index contributed by atoms with van der Waals surface area (Å²) in [7, 11) is 1.72. The van der Waals surface area contributed by atoms with Crippen molar-refractivity contribution in [2.24, 2.45) is 0 Å². The van der Waals surface area contributed by atoms with Gasteiger partial charge in [-0.2, -0.15) is 0 Å². The van der Waals surface area contributed by atoms with Crippen LogP contribution in [-0.4, -0.2) is 13.2 Å². The quantitative estimate of drug-likeness (QED) is 0.898. The number of benzene rings is 2. The Bertz CT molecular complexity index is 593. The average Bonchev–Trinajstić information content (AvgIpc) is 2.47. The fraction of sp³-hybridized carbons (Fsp3) is 0.333. The lowest BCUT2D eigenvalue weighted by Gasteiger charge is -2.31. The van der Waals surface area contributed by atoms with Gasteiger partial charge in [0.15, 0.2) is 0 Å². The summed E-state index contributed by atoms with van der Waals surface area (Å²) in [4.78, 5) is 0. The van der Waals surface area contributed by atoms with Crippen LogP contribution < -0.4 is 10.1 Å². The first-order chi connectivity index (χ1) is 9.76. The summed E-state index contributed by atoms with van der Waals surface area (Å²) in [5.74, 6) is 1.52. The molecule has 104 valence electrons. The molecule has 0 aliphatic carbocycles. The van der Waals surface area contributed by atoms with Gasteiger partial charge < -0.3 is 10.1 Å². The number of anilines is 1. The molecule has 1 aliphatic rings. The van der Waals surface area contributed by atoms with Crippen LogP contribution in [0.2, 0.25) is 0 Å². The predicted molar refractivity (Wildman–Crippen MR) is 83.6 cm³/mol. The summed E-state index contributed by atoms with van der Waals surface area (Å²) in [6.45, 7) is 2.26. The molecule has 0 fully saturated rings. The van der Waals surface area contributed by atoms with Gasteiger partial charge in [0, 0.05) is 11.7 Å². The largest absolute Gasteiger partial charge is 0.497 e. The van der Waals surface area contributed by atoms with Gasteiger partial charge in [0.05, 0.1) is 7.11 Å². The number of hydrogen-bond acceptors (Lipinski definition) is 2. The molecule has 2 aromatic carbocycles. The van der Waals surface area contributed by atoms with Crippen molar-refractivity contribution < 1.29 is 4.74 Å². The van der Waals surface area contributed by atoms with Crippen LogP contribution in [0.1, 0.15) is 30.4 Å². The second kappa shape index (κ2) is 5.58. The molecule has 2 nitrogen and oxygen atoms in total. The van der Waals surface area contributed by atoms with E-state index in [9.17, 15) is 0 Å². The van der Waals surface area contributed by atoms with Crippen molar-refractivity contribution in [3.8, 4) is 5.75 Å². The fourth-order valence-electron chi connectivity index (χ4n) is 3.14. The van der Waals surface area contributed by atoms with Gasteiger partial charge in [-0.15, -0.1) is 0 Å². The van der Waals surface area contributed by atoms with E-state index in [1.807, 2.05) is 6.07 Å². The molecule has 0 aromatic heterocycles. The molecule has 0 saturated heterocycles. The summed E-state index contributed by atoms with van der Waals surface area (Å²) in [5, 5.41) is 3.57. The molecule has 1 N–H and O–H groups in total. The zero-order valence-corrected chi connectivity index (χ0v) is 12.1. The van der Waals surface area contributed by atoms with Crippen molar-refractivity contribution in [1.29, 1.82) is 0 Å². The molecule has 3 rings (SSSR count). The Morgan fingerprint density at radius 2 is 2.00 bits per heavy atom. The van der Waals surface area contributed by atoms with E-state index in [0.717, 1.165) is 12.2 Å². The van der Waals surface area contributed by atoms with Crippen LogP contribution in [0.4, 0.5) is 5.69 Å². The molecule has 2 atom stereocenters. The SMILES string of the molecule is COc1cccc(CC2CC(C)Nc3ccccc32)c1. The number of fused-ring (bicyclic) bond motifs is 1. The van der Waals surface area contributed by atoms with Crippen molar-refractivity contribution in [3.05, 3.63) is 59.7 Å². The molecule has 0 saturated carbocycles. The lowest BCUT2D eigenvalue weighted by atomic mass is 9.83. The Hall–Kier alpha value is -1.96. The highest BCUT2D eigenvalue weighted by Crippen LogP contribution is 2.36. The minimum absolute atomic E-state index is 0.528. The summed E-state index contributed by atoms with van der Waals surface area (Å²) in [6.07, 6.45) is 2.24. The van der Waals surface area contributed by atoms with Gasteiger partial charge in [-0.3, -0.25) is 0 Å². The van der Waals surface area contributed by atoms with Gasteiger partial charge in [-0.1, -0.05) is 30.3 Å². The fourth-order valence-corrected chi connectivity index (χ4v) is 3.14. The van der Waals surface area contributed by atoms with Crippen LogP contribution in [0.15, 0.2) is 48.5 Å². The second-order valence-electron chi connectivity index (χ2n) is 5.62. The smallest absolute Gasteiger partial charge is 0.119 e. The molecule has 2 unspecified atom stereocenters. The molecule has 2 aromatic rings. The first kappa shape index (κ1) is 13.0. The van der Waals surface area contributed by atoms with Crippen LogP contribution in [0.3, 0.4) is 0 Å². The standard InChI is InChI=1S/C18H21NO/c1-13-10-15(17-8-3-4-9-18(17)19-13)11-14-6-5-7-16(12-14)20-2/h3-9,12-13,15,19H,10-11H2,1-2H3. The highest BCUT2D eigenvalue weighted by atomic mass is 16.5. The van der Waals surface area contributed by atoms with Crippen molar-refractivity contribution in [2.75, 3.05) is 12.4 Å². The van der Waals surface area contributed by atoms with E-state index in [4.69, 9.17) is 4.74 Å². The van der Waals surface area contributed by atoms with E-state index < -0.39 is 0 Å². The zero-order valence-electron chi connectivity index (χ0n) is 12.1. The van der Waals surface area contributed by atoms with Gasteiger partial charge in [0.2, 0.25) is 0 Å². The summed E-state index contributed by atoms with van der Waals surface area (Å²) in [6, 6.07) is 17.6. The third-order valence-corrected chi connectivity index (χ3v) is 4.06. The zero-order chi connectivity index (χ0) is 13.9. The Morgan fingerprint density at radius 1 is 1.15 bits per heavy atom. The number of nitrogens with one attached hydrogen (secondary N) is 1. The number of para-hydroxylation sites is 1. The van der Waals surface area contributed by atoms with E-state index in [1.165, 1.54) is 23.2 Å². The summed E-state index contributed by atoms with van der Waals surface area (Å²) < 4.78 is 5.32. The van der Waals surface area contributed by atoms with Crippen LogP contribution in [0, 0.1) is 0 Å². The Balaban J connectivity index is 1.87. The molecule has 0 bridgehead atoms. The van der Waals surface area contributed by atoms with Crippen molar-refractivity contribution in [2.45, 2.75) is 31.7 Å². The minimum atomic E-state index is 0.528. The molecule has 1 aliphatic heterocycles.